The number of β-amino-alcohol motifs (C(OH)–C–C–N with tert-alkyl or cyclic N) is 1. The third-order valence-corrected chi connectivity index (χ3v) is 4.49. The number of urea groups is 1. The van der Waals surface area contributed by atoms with Gasteiger partial charge in [-0.1, -0.05) is 66.2 Å². The number of likely N-dealkylation sites (N-methyl/N-ethyl adjacent to an activating group) is 1. The van der Waals surface area contributed by atoms with E-state index in [9.17, 15) is 9.90 Å². The number of benzene rings is 1. The van der Waals surface area contributed by atoms with Crippen LogP contribution in [0.1, 0.15) is 53.0 Å². The van der Waals surface area contributed by atoms with Crippen LogP contribution in [0.5, 0.6) is 5.75 Å². The van der Waals surface area contributed by atoms with Crippen molar-refractivity contribution in [2.45, 2.75) is 53.6 Å². The van der Waals surface area contributed by atoms with Crippen LogP contribution >= 0.6 is 0 Å². The standard InChI is InChI=1S/C12H18N4O3.C10H14O.2C2H6/c1-4-5-15-8(2)10(14-3)11(13)16(12(15)19)6-9(18)7-17;1-8(2)9-5-4-6-10(7-9)11-3;2*1-2/h1,9,14,17-18H,2,5-7,13H2,3H3;4-8H,1-3H3;2*1-2H3. The molecule has 1 aromatic carbocycles. The summed E-state index contributed by atoms with van der Waals surface area (Å²) in [5.74, 6) is 4.01. The molecular weight excluding hydrogens is 432 g/mol. The molecule has 0 aliphatic carbocycles. The van der Waals surface area contributed by atoms with Crippen molar-refractivity contribution in [1.29, 1.82) is 0 Å². The van der Waals surface area contributed by atoms with E-state index in [0.29, 0.717) is 17.3 Å². The molecule has 8 heteroatoms. The van der Waals surface area contributed by atoms with Crippen LogP contribution in [-0.2, 0) is 0 Å². The number of hydrogen-bond acceptors (Lipinski definition) is 6. The van der Waals surface area contributed by atoms with Crippen molar-refractivity contribution in [2.75, 3.05) is 33.9 Å². The summed E-state index contributed by atoms with van der Waals surface area (Å²) in [6, 6.07) is 7.70. The number of nitrogens with zero attached hydrogens (tertiary/aromatic N) is 2. The van der Waals surface area contributed by atoms with Crippen molar-refractivity contribution < 1.29 is 19.7 Å². The Bertz CT molecular complexity index is 815. The molecule has 0 saturated carbocycles. The Morgan fingerprint density at radius 3 is 2.26 bits per heavy atom. The molecule has 0 aromatic heterocycles. The van der Waals surface area contributed by atoms with Crippen LogP contribution in [0.15, 0.2) is 48.1 Å². The van der Waals surface area contributed by atoms with Gasteiger partial charge in [0.05, 0.1) is 44.3 Å². The Labute approximate surface area is 206 Å². The fourth-order valence-corrected chi connectivity index (χ4v) is 2.75. The number of aliphatic hydroxyl groups excluding tert-OH is 2. The number of carbonyl (C=O) groups is 1. The summed E-state index contributed by atoms with van der Waals surface area (Å²) in [6.07, 6.45) is 4.13. The molecular formula is C26H44N4O4. The number of methoxy groups -OCH3 is 1. The van der Waals surface area contributed by atoms with E-state index < -0.39 is 18.7 Å². The lowest BCUT2D eigenvalue weighted by molar-refractivity contribution is 0.0688. The number of carbonyl (C=O) groups excluding carboxylic acids is 1. The first-order chi connectivity index (χ1) is 16.2. The number of rotatable bonds is 7. The predicted molar refractivity (Wildman–Crippen MR) is 140 cm³/mol. The highest BCUT2D eigenvalue weighted by Gasteiger charge is 2.34. The highest BCUT2D eigenvalue weighted by Crippen LogP contribution is 2.23. The highest BCUT2D eigenvalue weighted by molar-refractivity contribution is 5.81. The molecule has 1 heterocycles. The molecule has 2 rings (SSSR count). The lowest BCUT2D eigenvalue weighted by Crippen LogP contribution is -2.53. The highest BCUT2D eigenvalue weighted by atomic mass is 16.5. The second-order valence-electron chi connectivity index (χ2n) is 6.91. The molecule has 0 fully saturated rings. The summed E-state index contributed by atoms with van der Waals surface area (Å²) in [5, 5.41) is 21.2. The minimum absolute atomic E-state index is 0.0435. The Morgan fingerprint density at radius 1 is 1.24 bits per heavy atom. The summed E-state index contributed by atoms with van der Waals surface area (Å²) in [5.41, 5.74) is 8.02. The number of aliphatic hydroxyl groups is 2. The third kappa shape index (κ3) is 9.77. The summed E-state index contributed by atoms with van der Waals surface area (Å²) in [4.78, 5) is 14.6. The first kappa shape index (κ1) is 33.0. The number of ether oxygens (including phenoxy) is 1. The van der Waals surface area contributed by atoms with E-state index >= 15 is 0 Å². The van der Waals surface area contributed by atoms with Gasteiger partial charge in [0.1, 0.15) is 11.6 Å². The summed E-state index contributed by atoms with van der Waals surface area (Å²) < 4.78 is 5.11. The molecule has 1 unspecified atom stereocenters. The van der Waals surface area contributed by atoms with Gasteiger partial charge in [-0.05, 0) is 23.6 Å². The van der Waals surface area contributed by atoms with E-state index in [2.05, 4.69) is 43.8 Å². The number of nitrogens with one attached hydrogen (secondary N) is 1. The van der Waals surface area contributed by atoms with E-state index in [1.807, 2.05) is 39.8 Å². The van der Waals surface area contributed by atoms with E-state index in [1.165, 1.54) is 10.5 Å². The van der Waals surface area contributed by atoms with Gasteiger partial charge in [-0.2, -0.15) is 0 Å². The Kier molecular flexibility index (Phi) is 17.8. The van der Waals surface area contributed by atoms with Gasteiger partial charge in [0, 0.05) is 7.05 Å². The Balaban J connectivity index is 0. The number of nitrogens with two attached hydrogens (primary N) is 1. The van der Waals surface area contributed by atoms with Crippen molar-refractivity contribution in [1.82, 2.24) is 15.1 Å². The van der Waals surface area contributed by atoms with Crippen LogP contribution in [0, 0.1) is 12.3 Å². The monoisotopic (exact) mass is 476 g/mol. The minimum Gasteiger partial charge on any atom is -0.497 e. The average Bonchev–Trinajstić information content (AvgIpc) is 2.87. The van der Waals surface area contributed by atoms with Gasteiger partial charge in [-0.15, -0.1) is 6.42 Å². The number of hydrogen-bond donors (Lipinski definition) is 4. The lowest BCUT2D eigenvalue weighted by atomic mass is 10.0. The van der Waals surface area contributed by atoms with Gasteiger partial charge in [-0.25, -0.2) is 4.79 Å². The average molecular weight is 477 g/mol. The second kappa shape index (κ2) is 18.3. The maximum atomic E-state index is 12.2. The second-order valence-corrected chi connectivity index (χ2v) is 6.91. The topological polar surface area (TPSA) is 111 Å². The van der Waals surface area contributed by atoms with E-state index in [1.54, 1.807) is 14.2 Å². The molecule has 1 aliphatic rings. The van der Waals surface area contributed by atoms with Crippen molar-refractivity contribution in [3.8, 4) is 18.1 Å². The Morgan fingerprint density at radius 2 is 1.82 bits per heavy atom. The molecule has 0 spiro atoms. The maximum Gasteiger partial charge on any atom is 0.331 e. The van der Waals surface area contributed by atoms with Crippen molar-refractivity contribution in [3.05, 3.63) is 53.6 Å². The van der Waals surface area contributed by atoms with Gasteiger partial charge in [0.25, 0.3) is 0 Å². The zero-order valence-electron chi connectivity index (χ0n) is 22.1. The van der Waals surface area contributed by atoms with Crippen molar-refractivity contribution in [3.63, 3.8) is 0 Å². The van der Waals surface area contributed by atoms with Crippen LogP contribution < -0.4 is 15.8 Å². The minimum atomic E-state index is -1.08. The van der Waals surface area contributed by atoms with Crippen molar-refractivity contribution in [2.24, 2.45) is 5.73 Å². The van der Waals surface area contributed by atoms with E-state index in [0.717, 1.165) is 10.6 Å². The molecule has 192 valence electrons. The van der Waals surface area contributed by atoms with Gasteiger partial charge in [0.2, 0.25) is 0 Å². The zero-order valence-corrected chi connectivity index (χ0v) is 22.1. The van der Waals surface area contributed by atoms with Gasteiger partial charge in [0.15, 0.2) is 0 Å². The normalized spacial score (nSPS) is 13.5. The van der Waals surface area contributed by atoms with Crippen molar-refractivity contribution >= 4 is 6.03 Å². The van der Waals surface area contributed by atoms with Crippen LogP contribution in [0.4, 0.5) is 4.79 Å². The fourth-order valence-electron chi connectivity index (χ4n) is 2.75. The molecule has 0 saturated heterocycles. The molecule has 34 heavy (non-hydrogen) atoms. The Hall–Kier alpha value is -3.15. The van der Waals surface area contributed by atoms with Crippen LogP contribution in [0.3, 0.4) is 0 Å². The van der Waals surface area contributed by atoms with E-state index in [-0.39, 0.29) is 18.9 Å². The zero-order chi connectivity index (χ0) is 26.8. The lowest BCUT2D eigenvalue weighted by Gasteiger charge is -2.38. The fraction of sp³-hybridized carbons (Fsp3) is 0.500. The largest absolute Gasteiger partial charge is 0.497 e. The van der Waals surface area contributed by atoms with Crippen LogP contribution in [0.2, 0.25) is 0 Å². The molecule has 8 nitrogen and oxygen atoms in total. The molecule has 1 atom stereocenters. The summed E-state index contributed by atoms with van der Waals surface area (Å²) in [7, 11) is 3.33. The smallest absolute Gasteiger partial charge is 0.331 e. The van der Waals surface area contributed by atoms with Gasteiger partial charge >= 0.3 is 6.03 Å². The molecule has 1 aromatic rings. The first-order valence-electron chi connectivity index (χ1n) is 11.5. The van der Waals surface area contributed by atoms with Crippen LogP contribution in [0.25, 0.3) is 0 Å². The quantitative estimate of drug-likeness (QED) is 0.449. The maximum absolute atomic E-state index is 12.2. The SMILES string of the molecule is C#CCN1C(=C)C(NC)=C(N)N(CC(O)CO)C1=O.CC.CC.COc1cccc(C(C)C)c1. The van der Waals surface area contributed by atoms with Gasteiger partial charge in [-0.3, -0.25) is 9.80 Å². The van der Waals surface area contributed by atoms with E-state index in [4.69, 9.17) is 22.0 Å². The third-order valence-electron chi connectivity index (χ3n) is 4.49. The molecule has 0 radical (unpaired) electrons. The van der Waals surface area contributed by atoms with Crippen LogP contribution in [-0.4, -0.2) is 66.0 Å². The van der Waals surface area contributed by atoms with Gasteiger partial charge < -0.3 is 26.0 Å². The molecule has 1 aliphatic heterocycles. The molecule has 0 bridgehead atoms. The number of terminal acetylenes is 1. The number of amides is 2. The molecule has 5 N–H and O–H groups in total. The summed E-state index contributed by atoms with van der Waals surface area (Å²) >= 11 is 0. The first-order valence-corrected chi connectivity index (χ1v) is 11.5. The predicted octanol–water partition coefficient (Wildman–Crippen LogP) is 3.44. The summed E-state index contributed by atoms with van der Waals surface area (Å²) in [6.45, 7) is 15.6. The molecule has 2 amide bonds.